The number of carbonyl (C=O) groups excluding carboxylic acids is 2. The Kier molecular flexibility index (Phi) is 6.28. The predicted octanol–water partition coefficient (Wildman–Crippen LogP) is 3.01. The third kappa shape index (κ3) is 4.73. The van der Waals surface area contributed by atoms with Gasteiger partial charge in [0.25, 0.3) is 21.6 Å². The number of amidine groups is 1. The van der Waals surface area contributed by atoms with Gasteiger partial charge < -0.3 is 15.0 Å². The molecule has 2 aromatic rings. The molecule has 2 aliphatic rings. The molecule has 4 rings (SSSR count). The van der Waals surface area contributed by atoms with Crippen LogP contribution in [0.15, 0.2) is 45.7 Å². The summed E-state index contributed by atoms with van der Waals surface area (Å²) >= 11 is 0. The monoisotopic (exact) mass is 490 g/mol. The summed E-state index contributed by atoms with van der Waals surface area (Å²) in [6.07, 6.45) is 3.22. The first-order chi connectivity index (χ1) is 16.2. The number of halogens is 1. The fraction of sp³-hybridized carbons (Fsp3) is 0.286. The number of anilines is 2. The van der Waals surface area contributed by atoms with Crippen molar-refractivity contribution in [2.45, 2.75) is 30.6 Å². The molecule has 2 aliphatic heterocycles. The van der Waals surface area contributed by atoms with Gasteiger partial charge in [-0.05, 0) is 43.2 Å². The molecule has 1 fully saturated rings. The number of hydrogen-bond donors (Lipinski definition) is 1. The van der Waals surface area contributed by atoms with E-state index in [9.17, 15) is 32.5 Å². The van der Waals surface area contributed by atoms with Crippen LogP contribution in [0.25, 0.3) is 0 Å². The summed E-state index contributed by atoms with van der Waals surface area (Å²) < 4.78 is 47.4. The van der Waals surface area contributed by atoms with E-state index >= 15 is 0 Å². The molecule has 0 aliphatic carbocycles. The molecule has 0 bridgehead atoms. The number of amides is 1. The molecular weight excluding hydrogens is 471 g/mol. The smallest absolute Gasteiger partial charge is 0.338 e. The van der Waals surface area contributed by atoms with Crippen molar-refractivity contribution < 1.29 is 32.1 Å². The largest absolute Gasteiger partial charge is 0.452 e. The van der Waals surface area contributed by atoms with E-state index in [1.54, 1.807) is 0 Å². The molecule has 13 heteroatoms. The number of nitrogens with zero attached hydrogens (tertiary/aromatic N) is 3. The van der Waals surface area contributed by atoms with Crippen LogP contribution in [-0.2, 0) is 19.6 Å². The number of fused-ring (bicyclic) bond motifs is 3. The summed E-state index contributed by atoms with van der Waals surface area (Å²) in [6.45, 7) is -0.188. The number of carbonyl (C=O) groups is 2. The Balaban J connectivity index is 1.47. The Morgan fingerprint density at radius 2 is 1.97 bits per heavy atom. The van der Waals surface area contributed by atoms with E-state index in [0.29, 0.717) is 30.6 Å². The third-order valence-electron chi connectivity index (χ3n) is 5.35. The van der Waals surface area contributed by atoms with Crippen molar-refractivity contribution in [3.05, 3.63) is 57.9 Å². The molecule has 34 heavy (non-hydrogen) atoms. The van der Waals surface area contributed by atoms with Crippen molar-refractivity contribution >= 4 is 44.8 Å². The number of nitrogens with one attached hydrogen (secondary N) is 1. The van der Waals surface area contributed by atoms with Crippen LogP contribution < -0.4 is 10.2 Å². The molecule has 0 aromatic heterocycles. The zero-order valence-corrected chi connectivity index (χ0v) is 18.5. The number of benzene rings is 2. The molecule has 0 spiro atoms. The maximum Gasteiger partial charge on any atom is 0.338 e. The Labute approximate surface area is 193 Å². The summed E-state index contributed by atoms with van der Waals surface area (Å²) in [5.41, 5.74) is -0.590. The van der Waals surface area contributed by atoms with Gasteiger partial charge in [0, 0.05) is 13.0 Å². The molecule has 2 heterocycles. The molecule has 0 saturated carbocycles. The summed E-state index contributed by atoms with van der Waals surface area (Å²) in [5, 5.41) is 13.2. The van der Waals surface area contributed by atoms with E-state index in [1.807, 2.05) is 4.90 Å². The number of ether oxygens (including phenoxy) is 1. The van der Waals surface area contributed by atoms with Crippen molar-refractivity contribution in [1.82, 2.24) is 0 Å². The van der Waals surface area contributed by atoms with Gasteiger partial charge in [0.15, 0.2) is 6.61 Å². The van der Waals surface area contributed by atoms with Crippen LogP contribution in [0.4, 0.5) is 21.5 Å². The number of esters is 1. The fourth-order valence-electron chi connectivity index (χ4n) is 3.77. The highest BCUT2D eigenvalue weighted by Gasteiger charge is 2.32. The quantitative estimate of drug-likeness (QED) is 0.382. The Bertz CT molecular complexity index is 1330. The number of nitro benzene ring substituents is 1. The molecule has 11 nitrogen and oxygen atoms in total. The van der Waals surface area contributed by atoms with Crippen LogP contribution >= 0.6 is 0 Å². The number of rotatable bonds is 5. The van der Waals surface area contributed by atoms with E-state index in [2.05, 4.69) is 9.71 Å². The van der Waals surface area contributed by atoms with Crippen LogP contribution in [0.3, 0.4) is 0 Å². The average molecular weight is 490 g/mol. The van der Waals surface area contributed by atoms with Crippen molar-refractivity contribution in [3.8, 4) is 0 Å². The maximum absolute atomic E-state index is 13.2. The van der Waals surface area contributed by atoms with E-state index in [0.717, 1.165) is 37.5 Å². The molecule has 1 saturated heterocycles. The first kappa shape index (κ1) is 23.3. The van der Waals surface area contributed by atoms with E-state index in [1.165, 1.54) is 12.1 Å². The molecule has 1 amide bonds. The summed E-state index contributed by atoms with van der Waals surface area (Å²) in [7, 11) is -4.01. The summed E-state index contributed by atoms with van der Waals surface area (Å²) in [4.78, 5) is 36.4. The van der Waals surface area contributed by atoms with E-state index in [-0.39, 0.29) is 16.1 Å². The van der Waals surface area contributed by atoms with Crippen LogP contribution in [-0.4, -0.2) is 44.2 Å². The van der Waals surface area contributed by atoms with Gasteiger partial charge in [-0.15, -0.1) is 4.40 Å². The maximum atomic E-state index is 13.2. The second-order valence-electron chi connectivity index (χ2n) is 7.67. The minimum atomic E-state index is -4.01. The highest BCUT2D eigenvalue weighted by molar-refractivity contribution is 7.90. The zero-order valence-electron chi connectivity index (χ0n) is 17.7. The standard InChI is InChI=1S/C21H19FN4O7S/c22-14-6-7-15(17(11-14)26(29)30)23-20(27)12-33-21(28)13-5-8-16-18(10-13)34(31,32)24-19-4-2-1-3-9-25(16)19/h5-8,10-11H,1-4,9,12H2,(H,23,27). The topological polar surface area (TPSA) is 148 Å². The second kappa shape index (κ2) is 9.17. The van der Waals surface area contributed by atoms with Crippen LogP contribution in [0.1, 0.15) is 36.0 Å². The normalized spacial score (nSPS) is 16.4. The molecular formula is C21H19FN4O7S. The first-order valence-corrected chi connectivity index (χ1v) is 11.8. The second-order valence-corrected chi connectivity index (χ2v) is 9.24. The van der Waals surface area contributed by atoms with E-state index in [4.69, 9.17) is 4.74 Å². The van der Waals surface area contributed by atoms with Crippen molar-refractivity contribution in [2.75, 3.05) is 23.4 Å². The minimum Gasteiger partial charge on any atom is -0.452 e. The lowest BCUT2D eigenvalue weighted by Gasteiger charge is -2.29. The number of hydrogen-bond acceptors (Lipinski definition) is 8. The van der Waals surface area contributed by atoms with Gasteiger partial charge in [0.1, 0.15) is 22.2 Å². The van der Waals surface area contributed by atoms with Gasteiger partial charge in [-0.2, -0.15) is 8.42 Å². The molecule has 0 atom stereocenters. The average Bonchev–Trinajstić information content (AvgIpc) is 3.03. The Hall–Kier alpha value is -3.87. The number of nitro groups is 1. The summed E-state index contributed by atoms with van der Waals surface area (Å²) in [5.74, 6) is -2.23. The lowest BCUT2D eigenvalue weighted by Crippen LogP contribution is -2.35. The lowest BCUT2D eigenvalue weighted by atomic mass is 10.2. The third-order valence-corrected chi connectivity index (χ3v) is 6.68. The van der Waals surface area contributed by atoms with Crippen molar-refractivity contribution in [1.29, 1.82) is 0 Å². The van der Waals surface area contributed by atoms with Gasteiger partial charge >= 0.3 is 5.97 Å². The van der Waals surface area contributed by atoms with Crippen LogP contribution in [0.5, 0.6) is 0 Å². The van der Waals surface area contributed by atoms with Gasteiger partial charge in [0.2, 0.25) is 0 Å². The van der Waals surface area contributed by atoms with Crippen molar-refractivity contribution in [3.63, 3.8) is 0 Å². The predicted molar refractivity (Wildman–Crippen MR) is 119 cm³/mol. The van der Waals surface area contributed by atoms with Crippen LogP contribution in [0, 0.1) is 15.9 Å². The minimum absolute atomic E-state index is 0.101. The van der Waals surface area contributed by atoms with Gasteiger partial charge in [-0.1, -0.05) is 6.42 Å². The van der Waals surface area contributed by atoms with Gasteiger partial charge in [-0.3, -0.25) is 14.9 Å². The number of sulfonamides is 1. The Morgan fingerprint density at radius 3 is 2.74 bits per heavy atom. The zero-order chi connectivity index (χ0) is 24.5. The van der Waals surface area contributed by atoms with Crippen LogP contribution in [0.2, 0.25) is 0 Å². The van der Waals surface area contributed by atoms with Crippen molar-refractivity contribution in [2.24, 2.45) is 4.40 Å². The molecule has 2 aromatic carbocycles. The molecule has 178 valence electrons. The van der Waals surface area contributed by atoms with E-state index < -0.39 is 44.9 Å². The SMILES string of the molecule is O=C(COC(=O)c1ccc2c(c1)S(=O)(=O)N=C1CCCCCN12)Nc1ccc(F)cc1[N+](=O)[O-]. The highest BCUT2D eigenvalue weighted by atomic mass is 32.2. The fourth-order valence-corrected chi connectivity index (χ4v) is 5.05. The molecule has 0 unspecified atom stereocenters. The molecule has 1 N–H and O–H groups in total. The van der Waals surface area contributed by atoms with Gasteiger partial charge in [-0.25, -0.2) is 9.18 Å². The summed E-state index contributed by atoms with van der Waals surface area (Å²) in [6, 6.07) is 6.65. The first-order valence-electron chi connectivity index (χ1n) is 10.3. The lowest BCUT2D eigenvalue weighted by molar-refractivity contribution is -0.384. The highest BCUT2D eigenvalue weighted by Crippen LogP contribution is 2.35. The van der Waals surface area contributed by atoms with Gasteiger partial charge in [0.05, 0.1) is 22.2 Å². The Morgan fingerprint density at radius 1 is 1.18 bits per heavy atom. The molecule has 0 radical (unpaired) electrons.